The van der Waals surface area contributed by atoms with Gasteiger partial charge in [0, 0.05) is 50.8 Å². The second-order valence-corrected chi connectivity index (χ2v) is 7.47. The Kier molecular flexibility index (Phi) is 4.86. The number of rotatable bonds is 3. The molecule has 2 N–H and O–H groups in total. The minimum Gasteiger partial charge on any atom is -0.381 e. The molecule has 132 valence electrons. The number of aromatic nitrogens is 1. The second kappa shape index (κ2) is 7.08. The van der Waals surface area contributed by atoms with Crippen molar-refractivity contribution < 1.29 is 9.47 Å². The summed E-state index contributed by atoms with van der Waals surface area (Å²) in [5.41, 5.74) is 5.54. The first-order chi connectivity index (χ1) is 11.8. The maximum absolute atomic E-state index is 6.16. The van der Waals surface area contributed by atoms with Gasteiger partial charge in [0.15, 0.2) is 0 Å². The Labute approximate surface area is 144 Å². The third-order valence-corrected chi connectivity index (χ3v) is 5.93. The second-order valence-electron chi connectivity index (χ2n) is 7.47. The molecule has 2 fully saturated rings. The van der Waals surface area contributed by atoms with Crippen molar-refractivity contribution in [3.05, 3.63) is 28.6 Å². The maximum atomic E-state index is 6.16. The lowest BCUT2D eigenvalue weighted by Gasteiger charge is -2.43. The molecule has 0 aromatic carbocycles. The molecule has 1 atom stereocenters. The van der Waals surface area contributed by atoms with Gasteiger partial charge in [-0.3, -0.25) is 4.98 Å². The van der Waals surface area contributed by atoms with E-state index in [1.165, 1.54) is 22.4 Å². The summed E-state index contributed by atoms with van der Waals surface area (Å²) in [6.45, 7) is 7.65. The highest BCUT2D eigenvalue weighted by atomic mass is 16.5. The van der Waals surface area contributed by atoms with Gasteiger partial charge >= 0.3 is 0 Å². The Balaban J connectivity index is 1.43. The Bertz CT molecular complexity index is 579. The highest BCUT2D eigenvalue weighted by Gasteiger charge is 2.38. The molecule has 24 heavy (non-hydrogen) atoms. The first-order valence-corrected chi connectivity index (χ1v) is 9.38. The molecule has 2 saturated heterocycles. The van der Waals surface area contributed by atoms with Crippen molar-refractivity contribution in [3.63, 3.8) is 0 Å². The van der Waals surface area contributed by atoms with Crippen molar-refractivity contribution in [2.24, 2.45) is 0 Å². The summed E-state index contributed by atoms with van der Waals surface area (Å²) in [7, 11) is 0. The zero-order valence-electron chi connectivity index (χ0n) is 14.7. The van der Waals surface area contributed by atoms with Crippen LogP contribution in [0.4, 0.5) is 0 Å². The van der Waals surface area contributed by atoms with Crippen LogP contribution in [0.3, 0.4) is 0 Å². The lowest BCUT2D eigenvalue weighted by Crippen LogP contribution is -2.49. The van der Waals surface area contributed by atoms with Gasteiger partial charge in [0.25, 0.3) is 0 Å². The van der Waals surface area contributed by atoms with Crippen LogP contribution in [0.1, 0.15) is 48.1 Å². The summed E-state index contributed by atoms with van der Waals surface area (Å²) in [6.07, 6.45) is 7.46. The van der Waals surface area contributed by atoms with Crippen LogP contribution in [-0.2, 0) is 29.0 Å². The maximum Gasteiger partial charge on any atom is 0.0741 e. The van der Waals surface area contributed by atoms with Gasteiger partial charge in [-0.2, -0.15) is 0 Å². The number of nitrogens with one attached hydrogen (secondary N) is 2. The van der Waals surface area contributed by atoms with Gasteiger partial charge in [0.1, 0.15) is 0 Å². The number of nitrogens with zero attached hydrogens (tertiary/aromatic N) is 1. The molecule has 4 heterocycles. The molecule has 0 amide bonds. The fraction of sp³-hybridized carbons (Fsp3) is 0.737. The van der Waals surface area contributed by atoms with Gasteiger partial charge in [-0.05, 0) is 62.3 Å². The van der Waals surface area contributed by atoms with E-state index in [9.17, 15) is 0 Å². The average molecular weight is 331 g/mol. The summed E-state index contributed by atoms with van der Waals surface area (Å²) in [5.74, 6) is 0. The fourth-order valence-corrected chi connectivity index (χ4v) is 4.42. The van der Waals surface area contributed by atoms with E-state index >= 15 is 0 Å². The van der Waals surface area contributed by atoms with E-state index in [-0.39, 0.29) is 5.60 Å². The van der Waals surface area contributed by atoms with E-state index in [1.54, 1.807) is 0 Å². The molecule has 1 aromatic rings. The number of aryl methyl sites for hydroxylation is 1. The lowest BCUT2D eigenvalue weighted by atomic mass is 9.84. The van der Waals surface area contributed by atoms with Crippen LogP contribution in [0.5, 0.6) is 0 Å². The van der Waals surface area contributed by atoms with Gasteiger partial charge in [-0.1, -0.05) is 0 Å². The van der Waals surface area contributed by atoms with Crippen molar-refractivity contribution in [1.82, 2.24) is 15.6 Å². The Morgan fingerprint density at radius 3 is 3.08 bits per heavy atom. The van der Waals surface area contributed by atoms with Gasteiger partial charge in [-0.25, -0.2) is 0 Å². The van der Waals surface area contributed by atoms with Crippen LogP contribution in [-0.4, -0.2) is 43.0 Å². The molecule has 1 unspecified atom stereocenters. The van der Waals surface area contributed by atoms with E-state index in [0.29, 0.717) is 6.04 Å². The van der Waals surface area contributed by atoms with Crippen LogP contribution < -0.4 is 10.6 Å². The lowest BCUT2D eigenvalue weighted by molar-refractivity contribution is -0.140. The minimum absolute atomic E-state index is 0.0570. The summed E-state index contributed by atoms with van der Waals surface area (Å²) in [4.78, 5) is 4.62. The fourth-order valence-electron chi connectivity index (χ4n) is 4.42. The zero-order valence-corrected chi connectivity index (χ0v) is 14.7. The monoisotopic (exact) mass is 331 g/mol. The van der Waals surface area contributed by atoms with E-state index in [4.69, 9.17) is 9.47 Å². The van der Waals surface area contributed by atoms with E-state index < -0.39 is 0 Å². The molecule has 4 rings (SSSR count). The predicted molar refractivity (Wildman–Crippen MR) is 93.0 cm³/mol. The Morgan fingerprint density at radius 2 is 2.21 bits per heavy atom. The molecule has 5 nitrogen and oxygen atoms in total. The van der Waals surface area contributed by atoms with Crippen LogP contribution in [0.15, 0.2) is 6.20 Å². The summed E-state index contributed by atoms with van der Waals surface area (Å²) < 4.78 is 11.7. The number of hydrogen-bond acceptors (Lipinski definition) is 5. The van der Waals surface area contributed by atoms with Crippen LogP contribution in [0.2, 0.25) is 0 Å². The highest BCUT2D eigenvalue weighted by molar-refractivity contribution is 5.37. The van der Waals surface area contributed by atoms with Gasteiger partial charge in [0.2, 0.25) is 0 Å². The van der Waals surface area contributed by atoms with Crippen molar-refractivity contribution >= 4 is 0 Å². The number of hydrogen-bond donors (Lipinski definition) is 2. The van der Waals surface area contributed by atoms with Gasteiger partial charge in [0.05, 0.1) is 5.60 Å². The summed E-state index contributed by atoms with van der Waals surface area (Å²) >= 11 is 0. The Morgan fingerprint density at radius 1 is 1.33 bits per heavy atom. The molecule has 3 aliphatic rings. The van der Waals surface area contributed by atoms with E-state index in [1.807, 2.05) is 6.20 Å². The molecule has 0 radical (unpaired) electrons. The minimum atomic E-state index is 0.0570. The van der Waals surface area contributed by atoms with E-state index in [0.717, 1.165) is 71.6 Å². The standard InChI is InChI=1S/C19H29N3O2/c1-14-18(17-2-6-20-11-15(17)12-21-14)13-22-16-3-7-24-19(10-16)4-8-23-9-5-19/h12,16,20,22H,2-11,13H2,1H3. The molecule has 0 saturated carbocycles. The molecule has 0 bridgehead atoms. The molecule has 3 aliphatic heterocycles. The topological polar surface area (TPSA) is 55.4 Å². The number of pyridine rings is 1. The molecule has 0 aliphatic carbocycles. The third-order valence-electron chi connectivity index (χ3n) is 5.93. The molecular weight excluding hydrogens is 302 g/mol. The van der Waals surface area contributed by atoms with E-state index in [2.05, 4.69) is 22.5 Å². The normalized spacial score (nSPS) is 26.3. The molecule has 1 aromatic heterocycles. The third kappa shape index (κ3) is 3.36. The first kappa shape index (κ1) is 16.5. The number of fused-ring (bicyclic) bond motifs is 1. The van der Waals surface area contributed by atoms with Crippen molar-refractivity contribution in [2.75, 3.05) is 26.4 Å². The SMILES string of the molecule is Cc1ncc2c(c1CNC1CCOC3(CCOCC3)C1)CCNC2. The van der Waals surface area contributed by atoms with Crippen molar-refractivity contribution in [2.45, 2.75) is 63.8 Å². The van der Waals surface area contributed by atoms with Crippen LogP contribution >= 0.6 is 0 Å². The first-order valence-electron chi connectivity index (χ1n) is 9.38. The summed E-state index contributed by atoms with van der Waals surface area (Å²) in [5, 5.41) is 7.26. The average Bonchev–Trinajstić information content (AvgIpc) is 2.62. The molecule has 1 spiro atoms. The van der Waals surface area contributed by atoms with Crippen LogP contribution in [0.25, 0.3) is 0 Å². The number of ether oxygens (including phenoxy) is 2. The van der Waals surface area contributed by atoms with Crippen molar-refractivity contribution in [1.29, 1.82) is 0 Å². The quantitative estimate of drug-likeness (QED) is 0.885. The van der Waals surface area contributed by atoms with Crippen LogP contribution in [0, 0.1) is 6.92 Å². The Hall–Kier alpha value is -1.01. The molecule has 5 heteroatoms. The summed E-state index contributed by atoms with van der Waals surface area (Å²) in [6, 6.07) is 0.536. The molecular formula is C19H29N3O2. The van der Waals surface area contributed by atoms with Gasteiger partial charge < -0.3 is 20.1 Å². The highest BCUT2D eigenvalue weighted by Crippen LogP contribution is 2.34. The van der Waals surface area contributed by atoms with Crippen molar-refractivity contribution in [3.8, 4) is 0 Å². The van der Waals surface area contributed by atoms with Gasteiger partial charge in [-0.15, -0.1) is 0 Å². The zero-order chi connectivity index (χ0) is 16.4. The largest absolute Gasteiger partial charge is 0.381 e. The predicted octanol–water partition coefficient (Wildman–Crippen LogP) is 1.85. The smallest absolute Gasteiger partial charge is 0.0741 e.